The third-order valence-electron chi connectivity index (χ3n) is 3.50. The van der Waals surface area contributed by atoms with Crippen LogP contribution in [-0.2, 0) is 6.42 Å². The van der Waals surface area contributed by atoms with Gasteiger partial charge in [0.25, 0.3) is 0 Å². The minimum Gasteiger partial charge on any atom is -0.482 e. The minimum atomic E-state index is -0.262. The molecule has 3 nitrogen and oxygen atoms in total. The molecule has 2 N–H and O–H groups in total. The van der Waals surface area contributed by atoms with E-state index in [1.165, 1.54) is 0 Å². The van der Waals surface area contributed by atoms with E-state index in [9.17, 15) is 0 Å². The molecule has 1 heterocycles. The van der Waals surface area contributed by atoms with Crippen LogP contribution in [0.5, 0.6) is 5.75 Å². The van der Waals surface area contributed by atoms with Crippen LogP contribution in [0, 0.1) is 0 Å². The lowest BCUT2D eigenvalue weighted by atomic mass is 10.1. The normalized spacial score (nSPS) is 13.7. The van der Waals surface area contributed by atoms with Crippen LogP contribution in [0.1, 0.15) is 37.6 Å². The number of ether oxygens (including phenoxy) is 1. The lowest BCUT2D eigenvalue weighted by Crippen LogP contribution is -2.32. The number of benzene rings is 1. The number of nitrogens with zero attached hydrogens (tertiary/aromatic N) is 1. The van der Waals surface area contributed by atoms with Crippen LogP contribution < -0.4 is 10.5 Å². The van der Waals surface area contributed by atoms with Crippen molar-refractivity contribution in [1.82, 2.24) is 4.98 Å². The summed E-state index contributed by atoms with van der Waals surface area (Å²) in [4.78, 5) is 4.37. The van der Waals surface area contributed by atoms with Gasteiger partial charge in [-0.2, -0.15) is 0 Å². The van der Waals surface area contributed by atoms with Gasteiger partial charge in [-0.1, -0.05) is 31.5 Å². The van der Waals surface area contributed by atoms with E-state index in [0.29, 0.717) is 0 Å². The Balaban J connectivity index is 2.27. The quantitative estimate of drug-likeness (QED) is 0.872. The van der Waals surface area contributed by atoms with Gasteiger partial charge in [-0.15, -0.1) is 0 Å². The molecule has 0 bridgehead atoms. The number of pyridine rings is 1. The van der Waals surface area contributed by atoms with Crippen LogP contribution in [0.3, 0.4) is 0 Å². The van der Waals surface area contributed by atoms with E-state index in [2.05, 4.69) is 11.9 Å². The van der Waals surface area contributed by atoms with Crippen LogP contribution in [0.25, 0.3) is 0 Å². The van der Waals surface area contributed by atoms with Gasteiger partial charge in [0.1, 0.15) is 5.75 Å². The van der Waals surface area contributed by atoms with Crippen LogP contribution in [0.2, 0.25) is 5.02 Å². The molecule has 2 unspecified atom stereocenters. The number of aryl methyl sites for hydroxylation is 1. The van der Waals surface area contributed by atoms with E-state index in [1.807, 2.05) is 43.3 Å². The Morgan fingerprint density at radius 3 is 2.67 bits per heavy atom. The molecule has 1 aromatic heterocycles. The van der Waals surface area contributed by atoms with E-state index >= 15 is 0 Å². The summed E-state index contributed by atoms with van der Waals surface area (Å²) >= 11 is 6.15. The van der Waals surface area contributed by atoms with Crippen molar-refractivity contribution in [2.24, 2.45) is 5.73 Å². The summed E-state index contributed by atoms with van der Waals surface area (Å²) in [5.41, 5.74) is 8.12. The predicted octanol–water partition coefficient (Wildman–Crippen LogP) is 4.15. The molecule has 0 saturated carbocycles. The zero-order valence-electron chi connectivity index (χ0n) is 12.4. The van der Waals surface area contributed by atoms with E-state index in [4.69, 9.17) is 22.1 Å². The molecule has 0 fully saturated rings. The number of aromatic nitrogens is 1. The van der Waals surface area contributed by atoms with Crippen molar-refractivity contribution in [1.29, 1.82) is 0 Å². The van der Waals surface area contributed by atoms with Crippen molar-refractivity contribution in [2.75, 3.05) is 0 Å². The third kappa shape index (κ3) is 3.96. The molecular formula is C17H21ClN2O. The van der Waals surface area contributed by atoms with Crippen LogP contribution in [-0.4, -0.2) is 11.0 Å². The van der Waals surface area contributed by atoms with Gasteiger partial charge in [-0.3, -0.25) is 4.98 Å². The van der Waals surface area contributed by atoms with E-state index < -0.39 is 0 Å². The van der Waals surface area contributed by atoms with Crippen molar-refractivity contribution in [3.63, 3.8) is 0 Å². The second-order valence-electron chi connectivity index (χ2n) is 4.97. The van der Waals surface area contributed by atoms with Crippen molar-refractivity contribution in [2.45, 2.75) is 38.8 Å². The Hall–Kier alpha value is -1.58. The monoisotopic (exact) mass is 304 g/mol. The largest absolute Gasteiger partial charge is 0.482 e. The number of halogens is 1. The first-order chi connectivity index (χ1) is 10.2. The van der Waals surface area contributed by atoms with Gasteiger partial charge in [-0.05, 0) is 48.7 Å². The molecule has 0 aliphatic heterocycles. The lowest BCUT2D eigenvalue weighted by Gasteiger charge is -2.24. The van der Waals surface area contributed by atoms with Gasteiger partial charge >= 0.3 is 0 Å². The molecule has 2 atom stereocenters. The standard InChI is InChI=1S/C17H21ClN2O/c1-3-12-11-13(8-9-14(12)18)21-17(15(19)4-2)16-7-5-6-10-20-16/h5-11,15,17H,3-4,19H2,1-2H3. The van der Waals surface area contributed by atoms with Crippen LogP contribution >= 0.6 is 11.6 Å². The first-order valence-corrected chi connectivity index (χ1v) is 7.65. The smallest absolute Gasteiger partial charge is 0.155 e. The molecule has 1 aromatic carbocycles. The average Bonchev–Trinajstić information content (AvgIpc) is 2.54. The molecule has 0 aliphatic rings. The van der Waals surface area contributed by atoms with Gasteiger partial charge < -0.3 is 10.5 Å². The summed E-state index contributed by atoms with van der Waals surface area (Å²) in [5, 5.41) is 0.763. The Labute approximate surface area is 131 Å². The fraction of sp³-hybridized carbons (Fsp3) is 0.353. The van der Waals surface area contributed by atoms with Gasteiger partial charge in [0.2, 0.25) is 0 Å². The van der Waals surface area contributed by atoms with Gasteiger partial charge in [0.05, 0.1) is 5.69 Å². The highest BCUT2D eigenvalue weighted by Gasteiger charge is 2.22. The molecule has 2 aromatic rings. The Bertz CT molecular complexity index is 574. The summed E-state index contributed by atoms with van der Waals surface area (Å²) in [6.45, 7) is 4.11. The zero-order chi connectivity index (χ0) is 15.2. The molecule has 2 rings (SSSR count). The van der Waals surface area contributed by atoms with Crippen molar-refractivity contribution in [3.05, 3.63) is 58.9 Å². The van der Waals surface area contributed by atoms with Gasteiger partial charge in [-0.25, -0.2) is 0 Å². The maximum absolute atomic E-state index is 6.21. The summed E-state index contributed by atoms with van der Waals surface area (Å²) in [6, 6.07) is 11.4. The molecule has 0 saturated heterocycles. The summed E-state index contributed by atoms with van der Waals surface area (Å²) < 4.78 is 6.10. The minimum absolute atomic E-state index is 0.111. The Kier molecular flexibility index (Phi) is 5.59. The van der Waals surface area contributed by atoms with Crippen LogP contribution in [0.4, 0.5) is 0 Å². The van der Waals surface area contributed by atoms with E-state index in [0.717, 1.165) is 34.9 Å². The Morgan fingerprint density at radius 2 is 2.05 bits per heavy atom. The topological polar surface area (TPSA) is 48.1 Å². The first-order valence-electron chi connectivity index (χ1n) is 7.27. The molecule has 0 aliphatic carbocycles. The van der Waals surface area contributed by atoms with E-state index in [1.54, 1.807) is 6.20 Å². The van der Waals surface area contributed by atoms with Gasteiger partial charge in [0, 0.05) is 17.3 Å². The maximum Gasteiger partial charge on any atom is 0.155 e. The summed E-state index contributed by atoms with van der Waals surface area (Å²) in [7, 11) is 0. The SMILES string of the molecule is CCc1cc(OC(c2ccccn2)C(N)CC)ccc1Cl. The van der Waals surface area contributed by atoms with Gasteiger partial charge in [0.15, 0.2) is 6.10 Å². The van der Waals surface area contributed by atoms with Crippen molar-refractivity contribution >= 4 is 11.6 Å². The Morgan fingerprint density at radius 1 is 1.24 bits per heavy atom. The van der Waals surface area contributed by atoms with Crippen molar-refractivity contribution < 1.29 is 4.74 Å². The summed E-state index contributed by atoms with van der Waals surface area (Å²) in [5.74, 6) is 0.774. The molecule has 4 heteroatoms. The predicted molar refractivity (Wildman–Crippen MR) is 86.7 cm³/mol. The fourth-order valence-corrected chi connectivity index (χ4v) is 2.42. The lowest BCUT2D eigenvalue weighted by molar-refractivity contribution is 0.166. The molecular weight excluding hydrogens is 284 g/mol. The molecule has 0 amide bonds. The number of nitrogens with two attached hydrogens (primary N) is 1. The highest BCUT2D eigenvalue weighted by atomic mass is 35.5. The molecule has 21 heavy (non-hydrogen) atoms. The third-order valence-corrected chi connectivity index (χ3v) is 3.87. The van der Waals surface area contributed by atoms with Crippen LogP contribution in [0.15, 0.2) is 42.6 Å². The summed E-state index contributed by atoms with van der Waals surface area (Å²) in [6.07, 6.45) is 3.18. The highest BCUT2D eigenvalue weighted by molar-refractivity contribution is 6.31. The highest BCUT2D eigenvalue weighted by Crippen LogP contribution is 2.28. The molecule has 0 spiro atoms. The fourth-order valence-electron chi connectivity index (χ4n) is 2.17. The second kappa shape index (κ2) is 7.43. The number of hydrogen-bond donors (Lipinski definition) is 1. The first kappa shape index (κ1) is 15.8. The maximum atomic E-state index is 6.21. The number of hydrogen-bond acceptors (Lipinski definition) is 3. The molecule has 0 radical (unpaired) electrons. The second-order valence-corrected chi connectivity index (χ2v) is 5.38. The number of rotatable bonds is 6. The van der Waals surface area contributed by atoms with E-state index in [-0.39, 0.29) is 12.1 Å². The average molecular weight is 305 g/mol. The van der Waals surface area contributed by atoms with Crippen molar-refractivity contribution in [3.8, 4) is 5.75 Å². The molecule has 112 valence electrons. The zero-order valence-corrected chi connectivity index (χ0v) is 13.2.